The Labute approximate surface area is 104 Å². The van der Waals surface area contributed by atoms with Gasteiger partial charge in [-0.25, -0.2) is 0 Å². The fraction of sp³-hybridized carbons (Fsp3) is 0. The molecule has 0 atom stereocenters. The predicted octanol–water partition coefficient (Wildman–Crippen LogP) is 4.34. The van der Waals surface area contributed by atoms with Gasteiger partial charge in [0.05, 0.1) is 10.7 Å². The predicted molar refractivity (Wildman–Crippen MR) is 71.1 cm³/mol. The van der Waals surface area contributed by atoms with E-state index in [-0.39, 0.29) is 0 Å². The molecule has 0 saturated heterocycles. The molecule has 1 heterocycles. The van der Waals surface area contributed by atoms with E-state index in [9.17, 15) is 0 Å². The molecule has 2 aromatic carbocycles. The summed E-state index contributed by atoms with van der Waals surface area (Å²) in [7, 11) is 0. The van der Waals surface area contributed by atoms with E-state index in [2.05, 4.69) is 0 Å². The van der Waals surface area contributed by atoms with Gasteiger partial charge in [0.15, 0.2) is 0 Å². The number of halogens is 1. The lowest BCUT2D eigenvalue weighted by Crippen LogP contribution is -1.85. The SMILES string of the molecule is Nc1ccc(-c2cc3ccccc3o2)cc1Cl. The van der Waals surface area contributed by atoms with Crippen LogP contribution in [0.15, 0.2) is 52.9 Å². The van der Waals surface area contributed by atoms with Gasteiger partial charge in [0.1, 0.15) is 11.3 Å². The largest absolute Gasteiger partial charge is 0.456 e. The molecule has 3 aromatic rings. The molecule has 0 unspecified atom stereocenters. The number of fused-ring (bicyclic) bond motifs is 1. The van der Waals surface area contributed by atoms with Crippen LogP contribution in [0.2, 0.25) is 5.02 Å². The molecule has 0 radical (unpaired) electrons. The molecule has 1 aromatic heterocycles. The molecule has 17 heavy (non-hydrogen) atoms. The second kappa shape index (κ2) is 3.82. The lowest BCUT2D eigenvalue weighted by atomic mass is 10.1. The van der Waals surface area contributed by atoms with Crippen molar-refractivity contribution >= 4 is 28.3 Å². The van der Waals surface area contributed by atoms with Gasteiger partial charge in [0.2, 0.25) is 0 Å². The summed E-state index contributed by atoms with van der Waals surface area (Å²) in [6.07, 6.45) is 0. The quantitative estimate of drug-likeness (QED) is 0.646. The van der Waals surface area contributed by atoms with E-state index in [1.165, 1.54) is 0 Å². The van der Waals surface area contributed by atoms with Crippen molar-refractivity contribution in [3.63, 3.8) is 0 Å². The Bertz CT molecular complexity index is 655. The van der Waals surface area contributed by atoms with E-state index >= 15 is 0 Å². The van der Waals surface area contributed by atoms with Crippen LogP contribution in [0.5, 0.6) is 0 Å². The van der Waals surface area contributed by atoms with Gasteiger partial charge in [-0.05, 0) is 30.3 Å². The number of nitrogens with two attached hydrogens (primary N) is 1. The van der Waals surface area contributed by atoms with Crippen LogP contribution >= 0.6 is 11.6 Å². The average molecular weight is 244 g/mol. The van der Waals surface area contributed by atoms with Gasteiger partial charge in [0, 0.05) is 10.9 Å². The van der Waals surface area contributed by atoms with Crippen LogP contribution in [0.4, 0.5) is 5.69 Å². The molecule has 3 heteroatoms. The summed E-state index contributed by atoms with van der Waals surface area (Å²) < 4.78 is 5.75. The number of rotatable bonds is 1. The second-order valence-corrected chi connectivity index (χ2v) is 4.29. The first-order valence-corrected chi connectivity index (χ1v) is 5.66. The van der Waals surface area contributed by atoms with Crippen molar-refractivity contribution in [2.24, 2.45) is 0 Å². The van der Waals surface area contributed by atoms with Gasteiger partial charge in [0.25, 0.3) is 0 Å². The topological polar surface area (TPSA) is 39.2 Å². The van der Waals surface area contributed by atoms with Gasteiger partial charge in [-0.15, -0.1) is 0 Å². The number of furan rings is 1. The van der Waals surface area contributed by atoms with Crippen LogP contribution in [-0.2, 0) is 0 Å². The van der Waals surface area contributed by atoms with Crippen molar-refractivity contribution < 1.29 is 4.42 Å². The van der Waals surface area contributed by atoms with Crippen molar-refractivity contribution in [3.05, 3.63) is 53.6 Å². The highest BCUT2D eigenvalue weighted by Crippen LogP contribution is 2.31. The third-order valence-electron chi connectivity index (χ3n) is 2.71. The molecule has 0 saturated carbocycles. The van der Waals surface area contributed by atoms with E-state index < -0.39 is 0 Å². The number of benzene rings is 2. The first kappa shape index (κ1) is 10.2. The van der Waals surface area contributed by atoms with Crippen LogP contribution in [0.1, 0.15) is 0 Å². The Morgan fingerprint density at radius 3 is 2.59 bits per heavy atom. The van der Waals surface area contributed by atoms with E-state index in [1.54, 1.807) is 6.07 Å². The van der Waals surface area contributed by atoms with Gasteiger partial charge in [-0.2, -0.15) is 0 Å². The Morgan fingerprint density at radius 1 is 1.00 bits per heavy atom. The molecule has 0 aliphatic rings. The van der Waals surface area contributed by atoms with Crippen molar-refractivity contribution in [3.8, 4) is 11.3 Å². The lowest BCUT2D eigenvalue weighted by Gasteiger charge is -2.00. The normalized spacial score (nSPS) is 10.9. The zero-order valence-electron chi connectivity index (χ0n) is 8.98. The molecule has 0 amide bonds. The molecule has 0 bridgehead atoms. The Morgan fingerprint density at radius 2 is 1.82 bits per heavy atom. The third kappa shape index (κ3) is 1.77. The Kier molecular flexibility index (Phi) is 2.30. The van der Waals surface area contributed by atoms with Gasteiger partial charge in [-0.1, -0.05) is 29.8 Å². The fourth-order valence-corrected chi connectivity index (χ4v) is 1.99. The molecule has 84 valence electrons. The first-order valence-electron chi connectivity index (χ1n) is 5.28. The summed E-state index contributed by atoms with van der Waals surface area (Å²) in [5.74, 6) is 0.799. The highest BCUT2D eigenvalue weighted by Gasteiger charge is 2.07. The number of hydrogen-bond donors (Lipinski definition) is 1. The standard InChI is InChI=1S/C14H10ClNO/c15-11-7-10(5-6-12(11)16)14-8-9-3-1-2-4-13(9)17-14/h1-8H,16H2. The summed E-state index contributed by atoms with van der Waals surface area (Å²) in [5.41, 5.74) is 8.06. The zero-order valence-corrected chi connectivity index (χ0v) is 9.74. The van der Waals surface area contributed by atoms with Crippen molar-refractivity contribution in [1.82, 2.24) is 0 Å². The van der Waals surface area contributed by atoms with E-state index in [4.69, 9.17) is 21.8 Å². The molecule has 0 fully saturated rings. The van der Waals surface area contributed by atoms with E-state index in [0.29, 0.717) is 10.7 Å². The van der Waals surface area contributed by atoms with Crippen LogP contribution in [-0.4, -0.2) is 0 Å². The molecule has 2 N–H and O–H groups in total. The van der Waals surface area contributed by atoms with Gasteiger partial charge >= 0.3 is 0 Å². The van der Waals surface area contributed by atoms with E-state index in [0.717, 1.165) is 22.3 Å². The zero-order chi connectivity index (χ0) is 11.8. The number of hydrogen-bond acceptors (Lipinski definition) is 2. The molecule has 2 nitrogen and oxygen atoms in total. The van der Waals surface area contributed by atoms with Crippen LogP contribution in [0, 0.1) is 0 Å². The highest BCUT2D eigenvalue weighted by atomic mass is 35.5. The summed E-state index contributed by atoms with van der Waals surface area (Å²) in [4.78, 5) is 0. The fourth-order valence-electron chi connectivity index (χ4n) is 1.80. The lowest BCUT2D eigenvalue weighted by molar-refractivity contribution is 0.631. The minimum atomic E-state index is 0.544. The third-order valence-corrected chi connectivity index (χ3v) is 3.04. The first-order chi connectivity index (χ1) is 8.24. The average Bonchev–Trinajstić information content (AvgIpc) is 2.76. The second-order valence-electron chi connectivity index (χ2n) is 3.88. The summed E-state index contributed by atoms with van der Waals surface area (Å²) in [6.45, 7) is 0. The number of nitrogen functional groups attached to an aromatic ring is 1. The monoisotopic (exact) mass is 243 g/mol. The number of para-hydroxylation sites is 1. The summed E-state index contributed by atoms with van der Waals surface area (Å²) >= 11 is 6.00. The highest BCUT2D eigenvalue weighted by molar-refractivity contribution is 6.33. The summed E-state index contributed by atoms with van der Waals surface area (Å²) in [6, 6.07) is 15.4. The maximum absolute atomic E-state index is 6.00. The molecular weight excluding hydrogens is 234 g/mol. The molecule has 0 spiro atoms. The van der Waals surface area contributed by atoms with Crippen molar-refractivity contribution in [2.45, 2.75) is 0 Å². The Balaban J connectivity index is 2.17. The smallest absolute Gasteiger partial charge is 0.135 e. The molecule has 3 rings (SSSR count). The number of anilines is 1. The molecule has 0 aliphatic carbocycles. The minimum Gasteiger partial charge on any atom is -0.456 e. The van der Waals surface area contributed by atoms with Gasteiger partial charge in [-0.3, -0.25) is 0 Å². The summed E-state index contributed by atoms with van der Waals surface area (Å²) in [5, 5.41) is 1.62. The van der Waals surface area contributed by atoms with Crippen LogP contribution in [0.25, 0.3) is 22.3 Å². The minimum absolute atomic E-state index is 0.544. The van der Waals surface area contributed by atoms with Crippen LogP contribution < -0.4 is 5.73 Å². The maximum atomic E-state index is 6.00. The van der Waals surface area contributed by atoms with Crippen LogP contribution in [0.3, 0.4) is 0 Å². The molecular formula is C14H10ClNO. The van der Waals surface area contributed by atoms with E-state index in [1.807, 2.05) is 42.5 Å². The van der Waals surface area contributed by atoms with Crippen molar-refractivity contribution in [1.29, 1.82) is 0 Å². The molecule has 0 aliphatic heterocycles. The Hall–Kier alpha value is -1.93. The maximum Gasteiger partial charge on any atom is 0.135 e. The van der Waals surface area contributed by atoms with Crippen molar-refractivity contribution in [2.75, 3.05) is 5.73 Å². The van der Waals surface area contributed by atoms with Gasteiger partial charge < -0.3 is 10.2 Å².